The predicted molar refractivity (Wildman–Crippen MR) is 387 cm³/mol. The number of rotatable bonds is 14. The summed E-state index contributed by atoms with van der Waals surface area (Å²) < 4.78 is 0. The molecule has 422 valence electrons. The smallest absolute Gasteiger partial charge is 0.158 e. The number of halogens is 2. The van der Waals surface area contributed by atoms with Gasteiger partial charge in [0.2, 0.25) is 13.8 Å². The zero-order valence-electron chi connectivity index (χ0n) is 48.9. The summed E-state index contributed by atoms with van der Waals surface area (Å²) in [6, 6.07) is 135. The average molecular weight is 1220 g/mol. The molecular formula is C84H60Cl2Si3. The lowest BCUT2D eigenvalue weighted by Crippen LogP contribution is -2.76. The predicted octanol–water partition coefficient (Wildman–Crippen LogP) is 21.9. The molecule has 15 rings (SSSR count). The molecular weight excluding hydrogens is 1160 g/mol. The fourth-order valence-electron chi connectivity index (χ4n) is 14.9. The summed E-state index contributed by atoms with van der Waals surface area (Å²) in [6.45, 7) is -9.02. The van der Waals surface area contributed by atoms with Gasteiger partial charge in [-0.2, -0.15) is 22.2 Å². The lowest BCUT2D eigenvalue weighted by molar-refractivity contribution is 1.58. The largest absolute Gasteiger partial charge is 0.218 e. The van der Waals surface area contributed by atoms with Gasteiger partial charge in [-0.05, 0) is 131 Å². The first-order valence-electron chi connectivity index (χ1n) is 30.6. The molecule has 0 unspecified atom stereocenters. The van der Waals surface area contributed by atoms with Crippen molar-refractivity contribution in [3.63, 3.8) is 0 Å². The van der Waals surface area contributed by atoms with Crippen molar-refractivity contribution in [3.05, 3.63) is 431 Å². The molecule has 0 saturated heterocycles. The van der Waals surface area contributed by atoms with E-state index in [2.05, 4.69) is 364 Å². The van der Waals surface area contributed by atoms with Crippen LogP contribution >= 0.6 is 22.2 Å². The van der Waals surface area contributed by atoms with Crippen LogP contribution in [0.3, 0.4) is 0 Å². The molecule has 0 fully saturated rings. The summed E-state index contributed by atoms with van der Waals surface area (Å²) in [7, 11) is -4.59. The van der Waals surface area contributed by atoms with Gasteiger partial charge in [0, 0.05) is 0 Å². The molecule has 12 aromatic rings. The molecule has 5 heteroatoms. The molecule has 0 amide bonds. The van der Waals surface area contributed by atoms with Gasteiger partial charge in [0.25, 0.3) is 0 Å². The summed E-state index contributed by atoms with van der Waals surface area (Å²) in [5.74, 6) is 0. The Morgan fingerprint density at radius 1 is 0.135 bits per heavy atom. The van der Waals surface area contributed by atoms with Crippen molar-refractivity contribution in [3.8, 4) is 0 Å². The molecule has 0 aromatic heterocycles. The quantitative estimate of drug-likeness (QED) is 0.0752. The number of hydrogen-bond donors (Lipinski definition) is 0. The monoisotopic (exact) mass is 1220 g/mol. The van der Waals surface area contributed by atoms with Crippen LogP contribution in [0.2, 0.25) is 0 Å². The highest BCUT2D eigenvalue weighted by Gasteiger charge is 2.81. The lowest BCUT2D eigenvalue weighted by Gasteiger charge is -2.54. The van der Waals surface area contributed by atoms with E-state index in [9.17, 15) is 22.2 Å². The van der Waals surface area contributed by atoms with E-state index in [0.29, 0.717) is 0 Å². The Morgan fingerprint density at radius 2 is 0.247 bits per heavy atom. The van der Waals surface area contributed by atoms with Gasteiger partial charge < -0.3 is 0 Å². The highest BCUT2D eigenvalue weighted by atomic mass is 35.6. The van der Waals surface area contributed by atoms with Gasteiger partial charge in [0.05, 0.1) is 0 Å². The molecule has 0 N–H and O–H groups in total. The summed E-state index contributed by atoms with van der Waals surface area (Å²) in [6.07, 6.45) is 0. The van der Waals surface area contributed by atoms with E-state index in [0.717, 1.165) is 100 Å². The van der Waals surface area contributed by atoms with Gasteiger partial charge in [-0.3, -0.25) is 0 Å². The molecule has 3 heterocycles. The maximum absolute atomic E-state index is 10.9. The number of allylic oxidation sites excluding steroid dienone is 6. The van der Waals surface area contributed by atoms with Crippen molar-refractivity contribution in [2.45, 2.75) is 0 Å². The Morgan fingerprint density at radius 3 is 0.393 bits per heavy atom. The van der Waals surface area contributed by atoms with Gasteiger partial charge in [0.1, 0.15) is 0 Å². The van der Waals surface area contributed by atoms with E-state index >= 15 is 0 Å². The van der Waals surface area contributed by atoms with Crippen LogP contribution in [0.4, 0.5) is 0 Å². The average Bonchev–Trinajstić information content (AvgIpc) is 1.48. The topological polar surface area (TPSA) is 0 Å². The second-order valence-corrected chi connectivity index (χ2v) is 45.9. The maximum Gasteiger partial charge on any atom is 0.218 e. The van der Waals surface area contributed by atoms with Gasteiger partial charge in [-0.25, -0.2) is 0 Å². The molecule has 3 aliphatic heterocycles. The highest BCUT2D eigenvalue weighted by Crippen LogP contribution is 2.75. The zero-order chi connectivity index (χ0) is 59.8. The third-order valence-corrected chi connectivity index (χ3v) is 56.9. The van der Waals surface area contributed by atoms with Crippen LogP contribution < -0.4 is 0 Å². The minimum Gasteiger partial charge on any atom is -0.158 e. The molecule has 0 bridgehead atoms. The summed E-state index contributed by atoms with van der Waals surface area (Å²) in [5, 5.41) is 7.16. The van der Waals surface area contributed by atoms with Gasteiger partial charge >= 0.3 is 0 Å². The Kier molecular flexibility index (Phi) is 14.9. The van der Waals surface area contributed by atoms with Gasteiger partial charge in [-0.1, -0.05) is 364 Å². The minimum atomic E-state index is -4.59. The van der Waals surface area contributed by atoms with Crippen LogP contribution in [0, 0.1) is 0 Å². The molecule has 12 aromatic carbocycles. The van der Waals surface area contributed by atoms with Crippen molar-refractivity contribution in [1.82, 2.24) is 0 Å². The number of hydrogen-bond acceptors (Lipinski definition) is 0. The first-order chi connectivity index (χ1) is 44.0. The van der Waals surface area contributed by atoms with Crippen LogP contribution in [-0.2, 0) is 0 Å². The molecule has 0 saturated carbocycles. The lowest BCUT2D eigenvalue weighted by atomic mass is 9.89. The molecule has 3 aliphatic rings. The third kappa shape index (κ3) is 9.06. The van der Waals surface area contributed by atoms with Crippen molar-refractivity contribution in [1.29, 1.82) is 0 Å². The Labute approximate surface area is 534 Å². The second kappa shape index (κ2) is 23.8. The first-order valence-corrected chi connectivity index (χ1v) is 40.6. The maximum atomic E-state index is 10.9. The molecule has 0 atom stereocenters. The van der Waals surface area contributed by atoms with Crippen molar-refractivity contribution in [2.75, 3.05) is 0 Å². The molecule has 0 radical (unpaired) electrons. The normalized spacial score (nSPS) is 16.0. The van der Waals surface area contributed by atoms with Crippen molar-refractivity contribution < 1.29 is 0 Å². The Hall–Kier alpha value is -9.69. The van der Waals surface area contributed by atoms with E-state index < -0.39 is 20.9 Å². The zero-order valence-corrected chi connectivity index (χ0v) is 53.4. The van der Waals surface area contributed by atoms with Crippen LogP contribution in [0.15, 0.2) is 364 Å². The fraction of sp³-hybridized carbons (Fsp3) is 0. The number of benzene rings is 12. The molecule has 0 aliphatic carbocycles. The van der Waals surface area contributed by atoms with Crippen LogP contribution in [0.5, 0.6) is 0 Å². The van der Waals surface area contributed by atoms with E-state index in [1.54, 1.807) is 0 Å². The van der Waals surface area contributed by atoms with Crippen molar-refractivity contribution >= 4 is 108 Å². The van der Waals surface area contributed by atoms with Crippen LogP contribution in [-0.4, -0.2) is 20.9 Å². The standard InChI is InChI=1S/C84H60Cl2Si3/c85-87(79(67-49-25-7-26-50-67)73(61-37-13-1-14-38-61)74(62-39-15-2-16-40-62)80(87)68-51-27-8-28-52-68)89(83(71-57-33-11-34-58-71)77(65-45-21-5-22-46-65)78(66-47-23-6-24-48-66)84(89)72-59-35-12-36-60-72)88(86)81(69-53-29-9-30-54-69)75(63-41-17-3-18-42-63)76(64-43-19-4-20-44-64)82(88)70-55-31-10-32-56-70/h1-60H. The van der Waals surface area contributed by atoms with E-state index in [4.69, 9.17) is 0 Å². The SMILES string of the molecule is Cl[Si]1([Si]2([Si]3(Cl)C(c4ccccc4)=C(c4ccccc4)C(c4ccccc4)=C3c3ccccc3)C(c3ccccc3)=C(c3ccccc3)C(c3ccccc3)=C2c2ccccc2)C(c2ccccc2)=C(c2ccccc2)C(c2ccccc2)=C1c1ccccc1. The second-order valence-electron chi connectivity index (χ2n) is 23.0. The summed E-state index contributed by atoms with van der Waals surface area (Å²) >= 11 is 21.8. The summed E-state index contributed by atoms with van der Waals surface area (Å²) in [5.41, 5.74) is 20.1. The Bertz CT molecular complexity index is 4240. The van der Waals surface area contributed by atoms with E-state index in [-0.39, 0.29) is 0 Å². The summed E-state index contributed by atoms with van der Waals surface area (Å²) in [4.78, 5) is 0. The van der Waals surface area contributed by atoms with E-state index in [1.807, 2.05) is 0 Å². The first kappa shape index (κ1) is 55.9. The van der Waals surface area contributed by atoms with Crippen LogP contribution in [0.25, 0.3) is 64.6 Å². The highest BCUT2D eigenvalue weighted by molar-refractivity contribution is 8.04. The van der Waals surface area contributed by atoms with Gasteiger partial charge in [0.15, 0.2) is 7.11 Å². The van der Waals surface area contributed by atoms with E-state index in [1.165, 1.54) is 31.2 Å². The van der Waals surface area contributed by atoms with Crippen molar-refractivity contribution in [2.24, 2.45) is 0 Å². The Balaban J connectivity index is 1.35. The minimum absolute atomic E-state index is 1.09. The fourth-order valence-corrected chi connectivity index (χ4v) is 66.4. The molecule has 0 spiro atoms. The van der Waals surface area contributed by atoms with Gasteiger partial charge in [-0.15, -0.1) is 0 Å². The third-order valence-electron chi connectivity index (χ3n) is 18.2. The molecule has 89 heavy (non-hydrogen) atoms. The molecule has 0 nitrogen and oxygen atoms in total. The van der Waals surface area contributed by atoms with Crippen LogP contribution in [0.1, 0.15) is 66.8 Å².